The van der Waals surface area contributed by atoms with Gasteiger partial charge in [0.1, 0.15) is 0 Å². The van der Waals surface area contributed by atoms with Gasteiger partial charge in [-0.3, -0.25) is 4.79 Å². The predicted molar refractivity (Wildman–Crippen MR) is 90.4 cm³/mol. The standard InChI is InChI=1S/C17H21BrN2O/c1-10(2)9-20-12(4)15(17(19)21)11(3)16(20)13-5-7-14(18)8-6-13/h5-8,10H,9H2,1-4H3,(H2,19,21). The van der Waals surface area contributed by atoms with Crippen molar-refractivity contribution < 1.29 is 4.79 Å². The zero-order chi connectivity index (χ0) is 15.7. The first kappa shape index (κ1) is 15.8. The zero-order valence-corrected chi connectivity index (χ0v) is 14.5. The third kappa shape index (κ3) is 3.05. The highest BCUT2D eigenvalue weighted by atomic mass is 79.9. The molecule has 112 valence electrons. The van der Waals surface area contributed by atoms with Crippen LogP contribution in [0.5, 0.6) is 0 Å². The van der Waals surface area contributed by atoms with Crippen LogP contribution in [-0.2, 0) is 6.54 Å². The molecule has 3 nitrogen and oxygen atoms in total. The number of carbonyl (C=O) groups is 1. The Morgan fingerprint density at radius 3 is 2.29 bits per heavy atom. The lowest BCUT2D eigenvalue weighted by atomic mass is 10.0. The first-order chi connectivity index (χ1) is 9.82. The lowest BCUT2D eigenvalue weighted by molar-refractivity contribution is 0.0999. The van der Waals surface area contributed by atoms with E-state index in [9.17, 15) is 4.79 Å². The van der Waals surface area contributed by atoms with Gasteiger partial charge in [0.25, 0.3) is 5.91 Å². The number of carbonyl (C=O) groups excluding carboxylic acids is 1. The van der Waals surface area contributed by atoms with Gasteiger partial charge in [0.2, 0.25) is 0 Å². The van der Waals surface area contributed by atoms with E-state index in [1.807, 2.05) is 26.0 Å². The van der Waals surface area contributed by atoms with Gasteiger partial charge in [0, 0.05) is 16.7 Å². The topological polar surface area (TPSA) is 48.0 Å². The molecule has 2 aromatic rings. The fourth-order valence-electron chi connectivity index (χ4n) is 2.83. The molecule has 0 aliphatic heterocycles. The summed E-state index contributed by atoms with van der Waals surface area (Å²) in [6.07, 6.45) is 0. The summed E-state index contributed by atoms with van der Waals surface area (Å²) in [4.78, 5) is 11.8. The summed E-state index contributed by atoms with van der Waals surface area (Å²) in [6.45, 7) is 9.15. The molecule has 1 heterocycles. The summed E-state index contributed by atoms with van der Waals surface area (Å²) in [5.41, 5.74) is 10.3. The van der Waals surface area contributed by atoms with E-state index in [1.54, 1.807) is 0 Å². The molecular formula is C17H21BrN2O. The molecule has 1 aromatic heterocycles. The summed E-state index contributed by atoms with van der Waals surface area (Å²) < 4.78 is 3.25. The monoisotopic (exact) mass is 348 g/mol. The van der Waals surface area contributed by atoms with Gasteiger partial charge in [0.05, 0.1) is 11.3 Å². The number of halogens is 1. The van der Waals surface area contributed by atoms with Crippen molar-refractivity contribution in [2.45, 2.75) is 34.2 Å². The van der Waals surface area contributed by atoms with E-state index < -0.39 is 0 Å². The van der Waals surface area contributed by atoms with Crippen LogP contribution in [0.1, 0.15) is 35.5 Å². The summed E-state index contributed by atoms with van der Waals surface area (Å²) in [5, 5.41) is 0. The van der Waals surface area contributed by atoms with Crippen molar-refractivity contribution in [3.8, 4) is 11.3 Å². The summed E-state index contributed by atoms with van der Waals surface area (Å²) >= 11 is 3.46. The summed E-state index contributed by atoms with van der Waals surface area (Å²) in [7, 11) is 0. The summed E-state index contributed by atoms with van der Waals surface area (Å²) in [6, 6.07) is 8.16. The van der Waals surface area contributed by atoms with Crippen LogP contribution in [0.4, 0.5) is 0 Å². The second-order valence-electron chi connectivity index (χ2n) is 5.81. The van der Waals surface area contributed by atoms with Crippen LogP contribution >= 0.6 is 15.9 Å². The number of aromatic nitrogens is 1. The Balaban J connectivity index is 2.70. The Labute approximate surface area is 134 Å². The maximum atomic E-state index is 11.8. The van der Waals surface area contributed by atoms with Crippen molar-refractivity contribution in [2.75, 3.05) is 0 Å². The third-order valence-corrected chi connectivity index (χ3v) is 4.21. The average Bonchev–Trinajstić information content (AvgIpc) is 2.62. The molecule has 4 heteroatoms. The number of hydrogen-bond donors (Lipinski definition) is 1. The molecule has 0 radical (unpaired) electrons. The second-order valence-corrected chi connectivity index (χ2v) is 6.73. The molecule has 2 rings (SSSR count). The van der Waals surface area contributed by atoms with E-state index in [1.165, 1.54) is 0 Å². The Morgan fingerprint density at radius 2 is 1.81 bits per heavy atom. The minimum atomic E-state index is -0.356. The van der Waals surface area contributed by atoms with E-state index in [4.69, 9.17) is 5.73 Å². The van der Waals surface area contributed by atoms with Crippen LogP contribution in [0.15, 0.2) is 28.7 Å². The van der Waals surface area contributed by atoms with Gasteiger partial charge in [-0.1, -0.05) is 41.9 Å². The molecule has 0 atom stereocenters. The van der Waals surface area contributed by atoms with Crippen LogP contribution in [0, 0.1) is 19.8 Å². The average molecular weight is 349 g/mol. The maximum Gasteiger partial charge on any atom is 0.250 e. The van der Waals surface area contributed by atoms with Crippen molar-refractivity contribution in [3.05, 3.63) is 45.6 Å². The third-order valence-electron chi connectivity index (χ3n) is 3.68. The normalized spacial score (nSPS) is 11.1. The smallest absolute Gasteiger partial charge is 0.250 e. The molecule has 1 aromatic carbocycles. The van der Waals surface area contributed by atoms with Crippen LogP contribution in [0.2, 0.25) is 0 Å². The van der Waals surface area contributed by atoms with Crippen molar-refractivity contribution in [2.24, 2.45) is 11.7 Å². The molecule has 0 saturated heterocycles. The Kier molecular flexibility index (Phi) is 4.57. The van der Waals surface area contributed by atoms with E-state index >= 15 is 0 Å². The molecule has 2 N–H and O–H groups in total. The number of rotatable bonds is 4. The molecule has 0 aliphatic carbocycles. The van der Waals surface area contributed by atoms with Gasteiger partial charge in [0.15, 0.2) is 0 Å². The second kappa shape index (κ2) is 6.06. The minimum absolute atomic E-state index is 0.356. The van der Waals surface area contributed by atoms with Crippen molar-refractivity contribution in [3.63, 3.8) is 0 Å². The van der Waals surface area contributed by atoms with Crippen molar-refractivity contribution in [1.29, 1.82) is 0 Å². The van der Waals surface area contributed by atoms with E-state index in [0.29, 0.717) is 11.5 Å². The van der Waals surface area contributed by atoms with Gasteiger partial charge < -0.3 is 10.3 Å². The Hall–Kier alpha value is -1.55. The van der Waals surface area contributed by atoms with Crippen LogP contribution in [0.3, 0.4) is 0 Å². The van der Waals surface area contributed by atoms with Gasteiger partial charge in [-0.05, 0) is 43.0 Å². The lowest BCUT2D eigenvalue weighted by Gasteiger charge is -2.15. The number of hydrogen-bond acceptors (Lipinski definition) is 1. The first-order valence-electron chi connectivity index (χ1n) is 7.08. The van der Waals surface area contributed by atoms with Gasteiger partial charge >= 0.3 is 0 Å². The highest BCUT2D eigenvalue weighted by molar-refractivity contribution is 9.10. The first-order valence-corrected chi connectivity index (χ1v) is 7.87. The van der Waals surface area contributed by atoms with Gasteiger partial charge in [-0.15, -0.1) is 0 Å². The van der Waals surface area contributed by atoms with Crippen molar-refractivity contribution >= 4 is 21.8 Å². The van der Waals surface area contributed by atoms with E-state index in [2.05, 4.69) is 46.5 Å². The van der Waals surface area contributed by atoms with Gasteiger partial charge in [-0.2, -0.15) is 0 Å². The fourth-order valence-corrected chi connectivity index (χ4v) is 3.10. The molecule has 0 fully saturated rings. The number of amides is 1. The zero-order valence-electron chi connectivity index (χ0n) is 12.9. The SMILES string of the molecule is Cc1c(C(N)=O)c(C)n(CC(C)C)c1-c1ccc(Br)cc1. The Morgan fingerprint density at radius 1 is 1.24 bits per heavy atom. The molecular weight excluding hydrogens is 328 g/mol. The minimum Gasteiger partial charge on any atom is -0.366 e. The Bertz CT molecular complexity index is 669. The highest BCUT2D eigenvalue weighted by Gasteiger charge is 2.22. The van der Waals surface area contributed by atoms with E-state index in [0.717, 1.165) is 33.5 Å². The molecule has 1 amide bonds. The lowest BCUT2D eigenvalue weighted by Crippen LogP contribution is -2.14. The largest absolute Gasteiger partial charge is 0.366 e. The van der Waals surface area contributed by atoms with Crippen molar-refractivity contribution in [1.82, 2.24) is 4.57 Å². The molecule has 0 saturated carbocycles. The highest BCUT2D eigenvalue weighted by Crippen LogP contribution is 2.32. The number of nitrogens with zero attached hydrogens (tertiary/aromatic N) is 1. The molecule has 21 heavy (non-hydrogen) atoms. The molecule has 0 aliphatic rings. The van der Waals surface area contributed by atoms with Crippen LogP contribution in [-0.4, -0.2) is 10.5 Å². The quantitative estimate of drug-likeness (QED) is 0.880. The van der Waals surface area contributed by atoms with Crippen LogP contribution < -0.4 is 5.73 Å². The molecule has 0 bridgehead atoms. The van der Waals surface area contributed by atoms with E-state index in [-0.39, 0.29) is 5.91 Å². The van der Waals surface area contributed by atoms with Gasteiger partial charge in [-0.25, -0.2) is 0 Å². The summed E-state index contributed by atoms with van der Waals surface area (Å²) in [5.74, 6) is 0.135. The molecule has 0 unspecified atom stereocenters. The number of primary amides is 1. The number of nitrogens with two attached hydrogens (primary N) is 1. The van der Waals surface area contributed by atoms with Crippen LogP contribution in [0.25, 0.3) is 11.3 Å². The number of benzene rings is 1. The fraction of sp³-hybridized carbons (Fsp3) is 0.353. The molecule has 0 spiro atoms. The predicted octanol–water partition coefficient (Wildman–Crippen LogP) is 4.29. The maximum absolute atomic E-state index is 11.8.